The van der Waals surface area contributed by atoms with E-state index in [2.05, 4.69) is 25.1 Å². The molecule has 0 fully saturated rings. The number of nitrogens with zero attached hydrogens (tertiary/aromatic N) is 5. The van der Waals surface area contributed by atoms with Crippen molar-refractivity contribution >= 4 is 27.7 Å². The topological polar surface area (TPSA) is 132 Å². The van der Waals surface area contributed by atoms with E-state index in [1.807, 2.05) is 38.4 Å². The molecule has 0 atom stereocenters. The molecule has 0 unspecified atom stereocenters. The summed E-state index contributed by atoms with van der Waals surface area (Å²) in [5, 5.41) is 11.9. The van der Waals surface area contributed by atoms with Crippen LogP contribution in [0.1, 0.15) is 22.4 Å². The average molecular weight is 453 g/mol. The van der Waals surface area contributed by atoms with E-state index in [9.17, 15) is 4.79 Å². The van der Waals surface area contributed by atoms with Gasteiger partial charge in [-0.1, -0.05) is 18.2 Å². The second-order valence-corrected chi connectivity index (χ2v) is 7.77. The first-order chi connectivity index (χ1) is 16.4. The lowest BCUT2D eigenvalue weighted by Crippen LogP contribution is -2.14. The Bertz CT molecular complexity index is 1570. The Balaban J connectivity index is 1.87. The molecule has 0 aliphatic carbocycles. The van der Waals surface area contributed by atoms with Gasteiger partial charge in [0, 0.05) is 55.1 Å². The number of benzene rings is 2. The first-order valence-corrected chi connectivity index (χ1v) is 10.5. The molecule has 0 aliphatic heterocycles. The number of nitrogens with one attached hydrogen (secondary N) is 1. The van der Waals surface area contributed by atoms with Crippen molar-refractivity contribution in [3.05, 3.63) is 93.1 Å². The highest BCUT2D eigenvalue weighted by Crippen LogP contribution is 2.36. The highest BCUT2D eigenvalue weighted by atomic mass is 16.1. The summed E-state index contributed by atoms with van der Waals surface area (Å²) in [7, 11) is 3.52. The normalized spacial score (nSPS) is 12.2. The molecule has 0 saturated carbocycles. The van der Waals surface area contributed by atoms with Crippen molar-refractivity contribution in [2.45, 2.75) is 13.5 Å². The van der Waals surface area contributed by atoms with Crippen LogP contribution in [0.5, 0.6) is 0 Å². The predicted molar refractivity (Wildman–Crippen MR) is 135 cm³/mol. The number of allylic oxidation sites excluding steroid dienone is 1. The molecule has 4 rings (SSSR count). The molecule has 9 heteroatoms. The summed E-state index contributed by atoms with van der Waals surface area (Å²) in [5.74, 6) is 0. The lowest BCUT2D eigenvalue weighted by Gasteiger charge is -2.16. The van der Waals surface area contributed by atoms with Crippen molar-refractivity contribution in [1.29, 1.82) is 0 Å². The van der Waals surface area contributed by atoms with E-state index in [1.165, 1.54) is 6.20 Å². The molecule has 0 saturated heterocycles. The number of aromatic nitrogens is 4. The van der Waals surface area contributed by atoms with Crippen LogP contribution in [0.3, 0.4) is 0 Å². The molecule has 5 N–H and O–H groups in total. The van der Waals surface area contributed by atoms with Gasteiger partial charge in [-0.05, 0) is 35.7 Å². The molecule has 34 heavy (non-hydrogen) atoms. The average Bonchev–Trinajstić information content (AvgIpc) is 3.28. The molecule has 0 radical (unpaired) electrons. The number of hydrogen-bond acceptors (Lipinski definition) is 6. The van der Waals surface area contributed by atoms with E-state index in [0.29, 0.717) is 39.0 Å². The van der Waals surface area contributed by atoms with Gasteiger partial charge in [-0.15, -0.1) is 0 Å². The first-order valence-electron chi connectivity index (χ1n) is 10.5. The van der Waals surface area contributed by atoms with Gasteiger partial charge in [-0.2, -0.15) is 10.2 Å². The van der Waals surface area contributed by atoms with E-state index < -0.39 is 0 Å². The smallest absolute Gasteiger partial charge is 0.272 e. The highest BCUT2D eigenvalue weighted by molar-refractivity contribution is 6.34. The van der Waals surface area contributed by atoms with Crippen LogP contribution in [0.15, 0.2) is 58.7 Å². The molecular weight excluding hydrogens is 428 g/mol. The van der Waals surface area contributed by atoms with Gasteiger partial charge in [-0.25, -0.2) is 9.94 Å². The predicted octanol–water partition coefficient (Wildman–Crippen LogP) is 3.06. The summed E-state index contributed by atoms with van der Waals surface area (Å²) in [6.45, 7) is 9.97. The van der Waals surface area contributed by atoms with Crippen LogP contribution in [-0.4, -0.2) is 32.7 Å². The van der Waals surface area contributed by atoms with E-state index in [0.717, 1.165) is 22.3 Å². The summed E-state index contributed by atoms with van der Waals surface area (Å²) in [6.07, 6.45) is 5.15. The van der Waals surface area contributed by atoms with Gasteiger partial charge >= 0.3 is 0 Å². The second-order valence-electron chi connectivity index (χ2n) is 7.77. The van der Waals surface area contributed by atoms with Gasteiger partial charge in [0.2, 0.25) is 0 Å². The zero-order valence-corrected chi connectivity index (χ0v) is 19.1. The van der Waals surface area contributed by atoms with E-state index in [-0.39, 0.29) is 12.1 Å². The van der Waals surface area contributed by atoms with E-state index in [4.69, 9.17) is 18.0 Å². The molecule has 4 aromatic rings. The van der Waals surface area contributed by atoms with Crippen molar-refractivity contribution in [2.75, 3.05) is 7.05 Å². The minimum Gasteiger partial charge on any atom is -0.404 e. The van der Waals surface area contributed by atoms with Crippen molar-refractivity contribution in [1.82, 2.24) is 20.0 Å². The van der Waals surface area contributed by atoms with Gasteiger partial charge in [0.1, 0.15) is 0 Å². The van der Waals surface area contributed by atoms with Gasteiger partial charge in [0.05, 0.1) is 29.6 Å². The number of nitrogens with two attached hydrogens (primary N) is 2. The standard InChI is InChI=1S/C25H24N8O/c1-14-17(16-12-30-33(4)13-16)7-8-19(23(14)28-2)24(29-3)21(10-26)15-5-6-18-20(9-15)22(11-27)31-32-25(18)34/h5-10,12-13H,11,26-27H2,1,3-4H3,(H,32,34)/b21-10-,29-24?. The molecule has 2 aromatic carbocycles. The fourth-order valence-electron chi connectivity index (χ4n) is 4.15. The van der Waals surface area contributed by atoms with E-state index >= 15 is 0 Å². The number of H-pyrrole nitrogens is 1. The molecular formula is C25H24N8O. The number of hydrogen-bond donors (Lipinski definition) is 3. The van der Waals surface area contributed by atoms with Crippen molar-refractivity contribution in [2.24, 2.45) is 23.5 Å². The minimum atomic E-state index is -0.293. The second kappa shape index (κ2) is 9.13. The molecule has 2 heterocycles. The Labute approximate surface area is 196 Å². The van der Waals surface area contributed by atoms with Crippen LogP contribution in [-0.2, 0) is 13.6 Å². The van der Waals surface area contributed by atoms with Crippen LogP contribution in [0.25, 0.3) is 32.3 Å². The fourth-order valence-corrected chi connectivity index (χ4v) is 4.15. The molecule has 0 aliphatic rings. The highest BCUT2D eigenvalue weighted by Gasteiger charge is 2.20. The van der Waals surface area contributed by atoms with Crippen LogP contribution in [0.2, 0.25) is 0 Å². The maximum absolute atomic E-state index is 12.2. The Morgan fingerprint density at radius 2 is 2.09 bits per heavy atom. The lowest BCUT2D eigenvalue weighted by atomic mass is 9.90. The number of fused-ring (bicyclic) bond motifs is 1. The fraction of sp³-hybridized carbons (Fsp3) is 0.160. The number of rotatable bonds is 5. The van der Waals surface area contributed by atoms with Crippen LogP contribution in [0, 0.1) is 13.5 Å². The summed E-state index contributed by atoms with van der Waals surface area (Å²) in [5.41, 5.74) is 18.0. The van der Waals surface area contributed by atoms with Crippen molar-refractivity contribution in [3.63, 3.8) is 0 Å². The van der Waals surface area contributed by atoms with Crippen LogP contribution < -0.4 is 17.0 Å². The van der Waals surface area contributed by atoms with Crippen molar-refractivity contribution in [3.8, 4) is 11.1 Å². The summed E-state index contributed by atoms with van der Waals surface area (Å²) >= 11 is 0. The van der Waals surface area contributed by atoms with E-state index in [1.54, 1.807) is 30.1 Å². The van der Waals surface area contributed by atoms with Gasteiger partial charge in [-0.3, -0.25) is 14.5 Å². The Hall–Kier alpha value is -4.55. The lowest BCUT2D eigenvalue weighted by molar-refractivity contribution is 0.768. The minimum absolute atomic E-state index is 0.171. The van der Waals surface area contributed by atoms with Gasteiger partial charge in [0.25, 0.3) is 5.56 Å². The molecule has 2 aromatic heterocycles. The zero-order valence-electron chi connectivity index (χ0n) is 19.1. The molecule has 0 amide bonds. The van der Waals surface area contributed by atoms with Gasteiger partial charge < -0.3 is 11.5 Å². The number of aryl methyl sites for hydroxylation is 1. The largest absolute Gasteiger partial charge is 0.404 e. The van der Waals surface area contributed by atoms with Crippen LogP contribution >= 0.6 is 0 Å². The third kappa shape index (κ3) is 3.76. The van der Waals surface area contributed by atoms with Crippen molar-refractivity contribution < 1.29 is 0 Å². The summed E-state index contributed by atoms with van der Waals surface area (Å²) < 4.78 is 1.73. The third-order valence-corrected chi connectivity index (χ3v) is 5.83. The van der Waals surface area contributed by atoms with Crippen LogP contribution in [0.4, 0.5) is 5.69 Å². The zero-order chi connectivity index (χ0) is 24.4. The molecule has 9 nitrogen and oxygen atoms in total. The monoisotopic (exact) mass is 452 g/mol. The Kier molecular flexibility index (Phi) is 6.08. The SMILES string of the molecule is [C-]#[N+]c1c(C(=NC)/C(=C\N)c2ccc3c(=O)[nH]nc(CN)c3c2)ccc(-c2cnn(C)c2)c1C. The van der Waals surface area contributed by atoms with Gasteiger partial charge in [0.15, 0.2) is 5.69 Å². The first kappa shape index (κ1) is 22.6. The summed E-state index contributed by atoms with van der Waals surface area (Å²) in [4.78, 5) is 20.6. The quantitative estimate of drug-likeness (QED) is 0.316. The third-order valence-electron chi connectivity index (χ3n) is 5.83. The maximum Gasteiger partial charge on any atom is 0.272 e. The summed E-state index contributed by atoms with van der Waals surface area (Å²) in [6, 6.07) is 9.20. The Morgan fingerprint density at radius 3 is 2.71 bits per heavy atom. The maximum atomic E-state index is 12.2. The Morgan fingerprint density at radius 1 is 1.29 bits per heavy atom. The molecule has 0 spiro atoms. The molecule has 170 valence electrons. The number of aliphatic imine (C=N–C) groups is 1. The molecule has 0 bridgehead atoms. The number of aromatic amines is 1.